The number of aryl methyl sites for hydroxylation is 1. The van der Waals surface area contributed by atoms with Crippen molar-refractivity contribution in [2.24, 2.45) is 0 Å². The van der Waals surface area contributed by atoms with Gasteiger partial charge in [-0.15, -0.1) is 0 Å². The van der Waals surface area contributed by atoms with Gasteiger partial charge in [-0.1, -0.05) is 81.1 Å². The number of rotatable bonds is 15. The fraction of sp³-hybridized carbons (Fsp3) is 0.531. The van der Waals surface area contributed by atoms with Gasteiger partial charge in [0.1, 0.15) is 17.7 Å². The van der Waals surface area contributed by atoms with E-state index in [2.05, 4.69) is 17.6 Å². The van der Waals surface area contributed by atoms with Gasteiger partial charge < -0.3 is 20.3 Å². The number of benzene rings is 2. The lowest BCUT2D eigenvalue weighted by atomic mass is 10.0. The van der Waals surface area contributed by atoms with Crippen LogP contribution in [0.1, 0.15) is 83.4 Å². The summed E-state index contributed by atoms with van der Waals surface area (Å²) in [5.41, 5.74) is 1.66. The molecule has 2 atom stereocenters. The molecule has 7 nitrogen and oxygen atoms in total. The van der Waals surface area contributed by atoms with Crippen LogP contribution < -0.4 is 10.6 Å². The monoisotopic (exact) mass is 569 g/mol. The maximum absolute atomic E-state index is 14.3. The third-order valence-corrected chi connectivity index (χ3v) is 7.11. The van der Waals surface area contributed by atoms with Crippen LogP contribution in [-0.4, -0.2) is 53.0 Å². The molecular weight excluding hydrogens is 522 g/mol. The quantitative estimate of drug-likeness (QED) is 0.223. The van der Waals surface area contributed by atoms with Gasteiger partial charge in [-0.2, -0.15) is 11.8 Å². The zero-order chi connectivity index (χ0) is 29.5. The molecule has 0 bridgehead atoms. The van der Waals surface area contributed by atoms with Crippen LogP contribution in [0, 0.1) is 6.92 Å². The van der Waals surface area contributed by atoms with Crippen LogP contribution >= 0.6 is 11.8 Å². The number of anilines is 1. The van der Waals surface area contributed by atoms with Gasteiger partial charge in [0.25, 0.3) is 5.91 Å². The van der Waals surface area contributed by atoms with Crippen LogP contribution in [0.4, 0.5) is 10.5 Å². The summed E-state index contributed by atoms with van der Waals surface area (Å²) >= 11 is 1.60. The van der Waals surface area contributed by atoms with Crippen molar-refractivity contribution in [3.8, 4) is 0 Å². The summed E-state index contributed by atoms with van der Waals surface area (Å²) in [7, 11) is 0. The van der Waals surface area contributed by atoms with Crippen molar-refractivity contribution in [3.05, 3.63) is 65.7 Å². The molecule has 8 heteroatoms. The number of carbonyl (C=O) groups excluding carboxylic acids is 3. The van der Waals surface area contributed by atoms with Crippen molar-refractivity contribution in [2.45, 2.75) is 90.8 Å². The van der Waals surface area contributed by atoms with Crippen molar-refractivity contribution < 1.29 is 19.1 Å². The fourth-order valence-electron chi connectivity index (χ4n) is 4.42. The first-order chi connectivity index (χ1) is 19.1. The molecular formula is C32H47N3O4S. The number of carbonyl (C=O) groups is 3. The predicted octanol–water partition coefficient (Wildman–Crippen LogP) is 7.12. The lowest BCUT2D eigenvalue weighted by Gasteiger charge is -2.34. The molecule has 2 unspecified atom stereocenters. The Balaban J connectivity index is 2.47. The first kappa shape index (κ1) is 33.2. The van der Waals surface area contributed by atoms with Crippen LogP contribution in [0.5, 0.6) is 0 Å². The molecule has 0 aromatic heterocycles. The molecule has 40 heavy (non-hydrogen) atoms. The number of hydrogen-bond acceptors (Lipinski definition) is 5. The number of amides is 3. The normalized spacial score (nSPS) is 12.8. The number of unbranched alkanes of at least 4 members (excludes halogenated alkanes) is 4. The molecule has 0 fully saturated rings. The summed E-state index contributed by atoms with van der Waals surface area (Å²) < 4.78 is 5.48. The topological polar surface area (TPSA) is 87.7 Å². The van der Waals surface area contributed by atoms with Gasteiger partial charge in [-0.05, 0) is 69.7 Å². The Bertz CT molecular complexity index is 1070. The average molecular weight is 570 g/mol. The lowest BCUT2D eigenvalue weighted by molar-refractivity contribution is -0.141. The number of para-hydroxylation sites is 1. The summed E-state index contributed by atoms with van der Waals surface area (Å²) in [6, 6.07) is 15.3. The second-order valence-corrected chi connectivity index (χ2v) is 12.0. The van der Waals surface area contributed by atoms with E-state index in [0.717, 1.165) is 43.2 Å². The molecule has 2 aromatic carbocycles. The number of alkyl carbamates (subject to hydrolysis) is 1. The molecule has 0 radical (unpaired) electrons. The summed E-state index contributed by atoms with van der Waals surface area (Å²) in [4.78, 5) is 42.7. The van der Waals surface area contributed by atoms with E-state index in [9.17, 15) is 14.4 Å². The van der Waals surface area contributed by atoms with Gasteiger partial charge in [0.15, 0.2) is 0 Å². The standard InChI is InChI=1S/C32H47N3O4S/c1-7-8-9-10-16-22-35(30(37)27(21-23-40-6)34-31(38)39-32(3,4)5)28(25-18-12-11-13-19-25)29(36)33-26-20-15-14-17-24(26)2/h11-15,17-20,27-28H,7-10,16,21-23H2,1-6H3,(H,33,36)(H,34,38). The first-order valence-corrected chi connectivity index (χ1v) is 15.7. The Morgan fingerprint density at radius 1 is 0.950 bits per heavy atom. The zero-order valence-electron chi connectivity index (χ0n) is 25.0. The SMILES string of the molecule is CCCCCCCN(C(=O)C(CCSC)NC(=O)OC(C)(C)C)C(C(=O)Nc1ccccc1C)c1ccccc1. The molecule has 2 rings (SSSR count). The Morgan fingerprint density at radius 2 is 1.60 bits per heavy atom. The highest BCUT2D eigenvalue weighted by atomic mass is 32.2. The van der Waals surface area contributed by atoms with Gasteiger partial charge in [0, 0.05) is 12.2 Å². The highest BCUT2D eigenvalue weighted by molar-refractivity contribution is 7.98. The molecule has 0 aliphatic rings. The van der Waals surface area contributed by atoms with Gasteiger partial charge >= 0.3 is 6.09 Å². The van der Waals surface area contributed by atoms with Crippen molar-refractivity contribution in [2.75, 3.05) is 23.9 Å². The van der Waals surface area contributed by atoms with Crippen molar-refractivity contribution in [3.63, 3.8) is 0 Å². The smallest absolute Gasteiger partial charge is 0.408 e. The zero-order valence-corrected chi connectivity index (χ0v) is 25.8. The van der Waals surface area contributed by atoms with Crippen LogP contribution in [-0.2, 0) is 14.3 Å². The van der Waals surface area contributed by atoms with Crippen LogP contribution in [0.2, 0.25) is 0 Å². The molecule has 0 aliphatic heterocycles. The average Bonchev–Trinajstić information content (AvgIpc) is 2.90. The maximum atomic E-state index is 14.3. The Labute approximate surface area is 244 Å². The third-order valence-electron chi connectivity index (χ3n) is 6.46. The minimum atomic E-state index is -0.864. The van der Waals surface area contributed by atoms with E-state index in [0.29, 0.717) is 24.4 Å². The van der Waals surface area contributed by atoms with Gasteiger partial charge in [0.2, 0.25) is 5.91 Å². The maximum Gasteiger partial charge on any atom is 0.408 e. The second-order valence-electron chi connectivity index (χ2n) is 11.0. The Morgan fingerprint density at radius 3 is 2.23 bits per heavy atom. The summed E-state index contributed by atoms with van der Waals surface area (Å²) in [6.45, 7) is 9.86. The summed E-state index contributed by atoms with van der Waals surface area (Å²) in [6.07, 6.45) is 6.76. The minimum Gasteiger partial charge on any atom is -0.444 e. The van der Waals surface area contributed by atoms with Crippen molar-refractivity contribution >= 4 is 35.4 Å². The molecule has 2 N–H and O–H groups in total. The number of ether oxygens (including phenoxy) is 1. The Kier molecular flexibility index (Phi) is 14.1. The number of thioether (sulfide) groups is 1. The van der Waals surface area contributed by atoms with Crippen LogP contribution in [0.3, 0.4) is 0 Å². The number of nitrogens with one attached hydrogen (secondary N) is 2. The molecule has 0 aliphatic carbocycles. The Hall–Kier alpha value is -3.00. The third kappa shape index (κ3) is 11.2. The predicted molar refractivity (Wildman–Crippen MR) is 166 cm³/mol. The van der Waals surface area contributed by atoms with E-state index in [-0.39, 0.29) is 11.8 Å². The minimum absolute atomic E-state index is 0.288. The summed E-state index contributed by atoms with van der Waals surface area (Å²) in [5.74, 6) is 0.0922. The van der Waals surface area contributed by atoms with Crippen LogP contribution in [0.25, 0.3) is 0 Å². The second kappa shape index (κ2) is 17.0. The molecule has 0 heterocycles. The molecule has 2 aromatic rings. The molecule has 220 valence electrons. The fourth-order valence-corrected chi connectivity index (χ4v) is 4.89. The number of nitrogens with zero attached hydrogens (tertiary/aromatic N) is 1. The van der Waals surface area contributed by atoms with E-state index in [1.807, 2.05) is 67.8 Å². The van der Waals surface area contributed by atoms with E-state index in [4.69, 9.17) is 4.74 Å². The molecule has 3 amide bonds. The van der Waals surface area contributed by atoms with Crippen molar-refractivity contribution in [1.29, 1.82) is 0 Å². The highest BCUT2D eigenvalue weighted by Crippen LogP contribution is 2.26. The molecule has 0 saturated carbocycles. The van der Waals surface area contributed by atoms with Crippen LogP contribution in [0.15, 0.2) is 54.6 Å². The van der Waals surface area contributed by atoms with Gasteiger partial charge in [0.05, 0.1) is 0 Å². The van der Waals surface area contributed by atoms with Gasteiger partial charge in [-0.25, -0.2) is 4.79 Å². The largest absolute Gasteiger partial charge is 0.444 e. The van der Waals surface area contributed by atoms with E-state index in [1.54, 1.807) is 37.4 Å². The lowest BCUT2D eigenvalue weighted by Crippen LogP contribution is -2.52. The van der Waals surface area contributed by atoms with Crippen molar-refractivity contribution in [1.82, 2.24) is 10.2 Å². The first-order valence-electron chi connectivity index (χ1n) is 14.3. The number of hydrogen-bond donors (Lipinski definition) is 2. The molecule has 0 saturated heterocycles. The van der Waals surface area contributed by atoms with Gasteiger partial charge in [-0.3, -0.25) is 9.59 Å². The highest BCUT2D eigenvalue weighted by Gasteiger charge is 2.36. The van der Waals surface area contributed by atoms with E-state index >= 15 is 0 Å². The van der Waals surface area contributed by atoms with E-state index in [1.165, 1.54) is 0 Å². The molecule has 0 spiro atoms. The van der Waals surface area contributed by atoms with E-state index < -0.39 is 23.8 Å². The summed E-state index contributed by atoms with van der Waals surface area (Å²) in [5, 5.41) is 5.87.